The Kier molecular flexibility index (Phi) is 5.30. The van der Waals surface area contributed by atoms with Gasteiger partial charge in [-0.1, -0.05) is 42.5 Å². The predicted molar refractivity (Wildman–Crippen MR) is 107 cm³/mol. The number of para-hydroxylation sites is 1. The van der Waals surface area contributed by atoms with Gasteiger partial charge in [0.15, 0.2) is 0 Å². The van der Waals surface area contributed by atoms with Gasteiger partial charge in [0.25, 0.3) is 0 Å². The highest BCUT2D eigenvalue weighted by atomic mass is 16.5. The molecule has 0 saturated carbocycles. The highest BCUT2D eigenvalue weighted by Gasteiger charge is 2.32. The summed E-state index contributed by atoms with van der Waals surface area (Å²) >= 11 is 0. The average Bonchev–Trinajstić information content (AvgIpc) is 3.08. The quantitative estimate of drug-likeness (QED) is 0.802. The van der Waals surface area contributed by atoms with Gasteiger partial charge in [-0.05, 0) is 23.3 Å². The standard InChI is InChI=1S/C22H25N3O3/c1-23(14-20-13-17-7-5-6-8-18(17)16-28-20)21(26)15-24-11-12-25(22(24)27)19-9-3-2-4-10-19/h2-10,20H,11-16H2,1H3. The molecule has 28 heavy (non-hydrogen) atoms. The molecule has 0 aromatic heterocycles. The van der Waals surface area contributed by atoms with Crippen molar-refractivity contribution in [2.75, 3.05) is 38.1 Å². The number of hydrogen-bond acceptors (Lipinski definition) is 3. The highest BCUT2D eigenvalue weighted by Crippen LogP contribution is 2.22. The van der Waals surface area contributed by atoms with Crippen molar-refractivity contribution in [2.24, 2.45) is 0 Å². The van der Waals surface area contributed by atoms with E-state index in [4.69, 9.17) is 4.74 Å². The van der Waals surface area contributed by atoms with Crippen molar-refractivity contribution in [3.8, 4) is 0 Å². The molecule has 2 aliphatic heterocycles. The number of amides is 3. The molecule has 146 valence electrons. The first kappa shape index (κ1) is 18.5. The summed E-state index contributed by atoms with van der Waals surface area (Å²) in [5.74, 6) is -0.0641. The van der Waals surface area contributed by atoms with Crippen molar-refractivity contribution < 1.29 is 14.3 Å². The van der Waals surface area contributed by atoms with Crippen LogP contribution in [0, 0.1) is 0 Å². The first-order valence-electron chi connectivity index (χ1n) is 9.65. The summed E-state index contributed by atoms with van der Waals surface area (Å²) in [5, 5.41) is 0. The lowest BCUT2D eigenvalue weighted by Gasteiger charge is -2.29. The number of anilines is 1. The number of carbonyl (C=O) groups is 2. The molecular formula is C22H25N3O3. The minimum Gasteiger partial charge on any atom is -0.371 e. The SMILES string of the molecule is CN(CC1Cc2ccccc2CO1)C(=O)CN1CCN(c2ccccc2)C1=O. The Labute approximate surface area is 165 Å². The topological polar surface area (TPSA) is 53.1 Å². The van der Waals surface area contributed by atoms with Crippen LogP contribution in [0.2, 0.25) is 0 Å². The Balaban J connectivity index is 1.31. The molecule has 2 aliphatic rings. The van der Waals surface area contributed by atoms with Gasteiger partial charge in [0.05, 0.1) is 12.7 Å². The van der Waals surface area contributed by atoms with E-state index < -0.39 is 0 Å². The zero-order chi connectivity index (χ0) is 19.5. The van der Waals surface area contributed by atoms with E-state index in [1.807, 2.05) is 42.5 Å². The van der Waals surface area contributed by atoms with E-state index >= 15 is 0 Å². The zero-order valence-corrected chi connectivity index (χ0v) is 16.1. The number of urea groups is 1. The Bertz CT molecular complexity index is 855. The molecule has 4 rings (SSSR count). The predicted octanol–water partition coefficient (Wildman–Crippen LogP) is 2.53. The molecule has 6 nitrogen and oxygen atoms in total. The molecule has 0 N–H and O–H groups in total. The summed E-state index contributed by atoms with van der Waals surface area (Å²) < 4.78 is 5.91. The number of benzene rings is 2. The Hall–Kier alpha value is -2.86. The Morgan fingerprint density at radius 2 is 1.79 bits per heavy atom. The molecule has 0 aliphatic carbocycles. The fraction of sp³-hybridized carbons (Fsp3) is 0.364. The number of carbonyl (C=O) groups excluding carboxylic acids is 2. The lowest BCUT2D eigenvalue weighted by Crippen LogP contribution is -2.44. The molecule has 2 aromatic rings. The lowest BCUT2D eigenvalue weighted by atomic mass is 9.99. The van der Waals surface area contributed by atoms with Crippen LogP contribution in [0.3, 0.4) is 0 Å². The molecule has 3 amide bonds. The molecule has 1 unspecified atom stereocenters. The fourth-order valence-electron chi connectivity index (χ4n) is 3.79. The van der Waals surface area contributed by atoms with E-state index in [1.165, 1.54) is 11.1 Å². The lowest BCUT2D eigenvalue weighted by molar-refractivity contribution is -0.132. The monoisotopic (exact) mass is 379 g/mol. The third-order valence-corrected chi connectivity index (χ3v) is 5.43. The summed E-state index contributed by atoms with van der Waals surface area (Å²) in [6.07, 6.45) is 0.789. The molecule has 0 spiro atoms. The normalized spacial score (nSPS) is 18.9. The Morgan fingerprint density at radius 1 is 1.07 bits per heavy atom. The van der Waals surface area contributed by atoms with E-state index in [1.54, 1.807) is 21.7 Å². The number of likely N-dealkylation sites (N-methyl/N-ethyl adjacent to an activating group) is 1. The third kappa shape index (κ3) is 3.87. The van der Waals surface area contributed by atoms with Crippen LogP contribution in [-0.2, 0) is 22.6 Å². The Morgan fingerprint density at radius 3 is 2.57 bits per heavy atom. The van der Waals surface area contributed by atoms with Gasteiger partial charge < -0.3 is 14.5 Å². The van der Waals surface area contributed by atoms with Gasteiger partial charge in [-0.25, -0.2) is 4.79 Å². The second-order valence-corrected chi connectivity index (χ2v) is 7.37. The van der Waals surface area contributed by atoms with Crippen LogP contribution in [0.15, 0.2) is 54.6 Å². The van der Waals surface area contributed by atoms with E-state index in [0.29, 0.717) is 26.2 Å². The smallest absolute Gasteiger partial charge is 0.325 e. The van der Waals surface area contributed by atoms with E-state index in [2.05, 4.69) is 12.1 Å². The maximum Gasteiger partial charge on any atom is 0.325 e. The molecular weight excluding hydrogens is 354 g/mol. The van der Waals surface area contributed by atoms with Gasteiger partial charge in [0, 0.05) is 38.8 Å². The van der Waals surface area contributed by atoms with Crippen molar-refractivity contribution in [3.05, 3.63) is 65.7 Å². The van der Waals surface area contributed by atoms with Gasteiger partial charge in [-0.15, -0.1) is 0 Å². The van der Waals surface area contributed by atoms with Gasteiger partial charge in [-0.3, -0.25) is 9.69 Å². The van der Waals surface area contributed by atoms with Crippen LogP contribution in [0.1, 0.15) is 11.1 Å². The summed E-state index contributed by atoms with van der Waals surface area (Å²) in [6.45, 7) is 2.36. The molecule has 1 saturated heterocycles. The van der Waals surface area contributed by atoms with Crippen LogP contribution in [0.25, 0.3) is 0 Å². The second-order valence-electron chi connectivity index (χ2n) is 7.37. The van der Waals surface area contributed by atoms with Crippen molar-refractivity contribution >= 4 is 17.6 Å². The van der Waals surface area contributed by atoms with Gasteiger partial charge in [0.2, 0.25) is 5.91 Å². The molecule has 1 atom stereocenters. The van der Waals surface area contributed by atoms with Crippen LogP contribution in [0.5, 0.6) is 0 Å². The van der Waals surface area contributed by atoms with E-state index in [0.717, 1.165) is 12.1 Å². The van der Waals surface area contributed by atoms with Gasteiger partial charge >= 0.3 is 6.03 Å². The summed E-state index contributed by atoms with van der Waals surface area (Å²) in [4.78, 5) is 30.3. The number of fused-ring (bicyclic) bond motifs is 1. The number of hydrogen-bond donors (Lipinski definition) is 0. The van der Waals surface area contributed by atoms with Crippen LogP contribution in [0.4, 0.5) is 10.5 Å². The molecule has 0 radical (unpaired) electrons. The number of ether oxygens (including phenoxy) is 1. The fourth-order valence-corrected chi connectivity index (χ4v) is 3.79. The minimum atomic E-state index is -0.115. The van der Waals surface area contributed by atoms with Crippen LogP contribution < -0.4 is 4.90 Å². The highest BCUT2D eigenvalue weighted by molar-refractivity contribution is 5.96. The molecule has 1 fully saturated rings. The number of rotatable bonds is 5. The van der Waals surface area contributed by atoms with Gasteiger partial charge in [-0.2, -0.15) is 0 Å². The van der Waals surface area contributed by atoms with Crippen LogP contribution >= 0.6 is 0 Å². The molecule has 2 aromatic carbocycles. The second kappa shape index (κ2) is 8.02. The van der Waals surface area contributed by atoms with E-state index in [9.17, 15) is 9.59 Å². The molecule has 2 heterocycles. The minimum absolute atomic E-state index is 0.0149. The third-order valence-electron chi connectivity index (χ3n) is 5.43. The maximum atomic E-state index is 12.7. The summed E-state index contributed by atoms with van der Waals surface area (Å²) in [5.41, 5.74) is 3.37. The summed E-state index contributed by atoms with van der Waals surface area (Å²) in [6, 6.07) is 17.7. The van der Waals surface area contributed by atoms with Crippen LogP contribution in [-0.4, -0.2) is 61.1 Å². The molecule has 0 bridgehead atoms. The first-order chi connectivity index (χ1) is 13.6. The largest absolute Gasteiger partial charge is 0.371 e. The van der Waals surface area contributed by atoms with Crippen molar-refractivity contribution in [1.29, 1.82) is 0 Å². The molecule has 6 heteroatoms. The average molecular weight is 379 g/mol. The number of nitrogens with zero attached hydrogens (tertiary/aromatic N) is 3. The van der Waals surface area contributed by atoms with Crippen molar-refractivity contribution in [2.45, 2.75) is 19.1 Å². The van der Waals surface area contributed by atoms with E-state index in [-0.39, 0.29) is 24.6 Å². The maximum absolute atomic E-state index is 12.7. The zero-order valence-electron chi connectivity index (χ0n) is 16.1. The van der Waals surface area contributed by atoms with Gasteiger partial charge in [0.1, 0.15) is 6.54 Å². The first-order valence-corrected chi connectivity index (χ1v) is 9.65. The summed E-state index contributed by atoms with van der Waals surface area (Å²) in [7, 11) is 1.78. The van der Waals surface area contributed by atoms with Crippen molar-refractivity contribution in [1.82, 2.24) is 9.80 Å². The van der Waals surface area contributed by atoms with Crippen molar-refractivity contribution in [3.63, 3.8) is 0 Å².